The molecule has 0 aliphatic rings. The molecule has 3 N–H and O–H groups in total. The molecule has 0 saturated heterocycles. The highest BCUT2D eigenvalue weighted by Gasteiger charge is 2.17. The maximum atomic E-state index is 10.3. The molecule has 3 nitrogen and oxygen atoms in total. The molecule has 1 heterocycles. The normalized spacial score (nSPS) is 12.4. The minimum absolute atomic E-state index is 0.313. The molecule has 1 aromatic heterocycles. The predicted molar refractivity (Wildman–Crippen MR) is 73.9 cm³/mol. The third-order valence-electron chi connectivity index (χ3n) is 2.77. The fraction of sp³-hybridized carbons (Fsp3) is 0.154. The molecule has 1 aromatic carbocycles. The standard InChI is InChI=1S/C13H12Cl2N2O/c1-7-4-5-17-13(16)11(7)12(18)8-2-3-9(14)10(15)6-8/h2-6,12,18H,1H3,(H2,16,17). The fourth-order valence-corrected chi connectivity index (χ4v) is 2.10. The van der Waals surface area contributed by atoms with E-state index in [1.54, 1.807) is 30.5 Å². The Labute approximate surface area is 115 Å². The van der Waals surface area contributed by atoms with Gasteiger partial charge in [-0.05, 0) is 36.2 Å². The molecule has 1 atom stereocenters. The van der Waals surface area contributed by atoms with Crippen LogP contribution in [0.1, 0.15) is 22.8 Å². The maximum Gasteiger partial charge on any atom is 0.129 e. The van der Waals surface area contributed by atoms with Gasteiger partial charge in [0.1, 0.15) is 11.9 Å². The molecular weight excluding hydrogens is 271 g/mol. The number of aromatic nitrogens is 1. The third kappa shape index (κ3) is 2.43. The number of hydrogen-bond donors (Lipinski definition) is 2. The number of benzene rings is 1. The van der Waals surface area contributed by atoms with Gasteiger partial charge in [-0.1, -0.05) is 29.3 Å². The summed E-state index contributed by atoms with van der Waals surface area (Å²) in [4.78, 5) is 3.99. The number of aliphatic hydroxyl groups is 1. The first-order valence-electron chi connectivity index (χ1n) is 5.34. The molecule has 1 unspecified atom stereocenters. The lowest BCUT2D eigenvalue weighted by Gasteiger charge is -2.16. The Bertz CT molecular complexity index is 567. The monoisotopic (exact) mass is 282 g/mol. The Hall–Kier alpha value is -1.29. The van der Waals surface area contributed by atoms with E-state index in [1.165, 1.54) is 0 Å². The summed E-state index contributed by atoms with van der Waals surface area (Å²) in [6.45, 7) is 1.87. The molecule has 0 saturated carbocycles. The number of anilines is 1. The summed E-state index contributed by atoms with van der Waals surface area (Å²) in [5, 5.41) is 11.2. The van der Waals surface area contributed by atoms with E-state index in [-0.39, 0.29) is 0 Å². The van der Waals surface area contributed by atoms with Gasteiger partial charge in [0, 0.05) is 11.8 Å². The molecule has 18 heavy (non-hydrogen) atoms. The van der Waals surface area contributed by atoms with Gasteiger partial charge in [0.15, 0.2) is 0 Å². The topological polar surface area (TPSA) is 59.1 Å². The van der Waals surface area contributed by atoms with E-state index < -0.39 is 6.10 Å². The van der Waals surface area contributed by atoms with Crippen LogP contribution in [0.15, 0.2) is 30.5 Å². The van der Waals surface area contributed by atoms with Gasteiger partial charge < -0.3 is 10.8 Å². The molecular formula is C13H12Cl2N2O. The summed E-state index contributed by atoms with van der Waals surface area (Å²) >= 11 is 11.8. The SMILES string of the molecule is Cc1ccnc(N)c1C(O)c1ccc(Cl)c(Cl)c1. The smallest absolute Gasteiger partial charge is 0.129 e. The number of nitrogens with zero attached hydrogens (tertiary/aromatic N) is 1. The number of aliphatic hydroxyl groups excluding tert-OH is 1. The zero-order valence-corrected chi connectivity index (χ0v) is 11.2. The molecule has 94 valence electrons. The van der Waals surface area contributed by atoms with Crippen LogP contribution in [0.3, 0.4) is 0 Å². The Kier molecular flexibility index (Phi) is 3.76. The van der Waals surface area contributed by atoms with E-state index in [9.17, 15) is 5.11 Å². The Balaban J connectivity index is 2.48. The van der Waals surface area contributed by atoms with Crippen molar-refractivity contribution in [1.29, 1.82) is 0 Å². The largest absolute Gasteiger partial charge is 0.384 e. The first-order chi connectivity index (χ1) is 8.50. The Morgan fingerprint density at radius 1 is 1.22 bits per heavy atom. The van der Waals surface area contributed by atoms with Crippen LogP contribution in [0.5, 0.6) is 0 Å². The number of pyridine rings is 1. The molecule has 0 spiro atoms. The van der Waals surface area contributed by atoms with Crippen molar-refractivity contribution < 1.29 is 5.11 Å². The quantitative estimate of drug-likeness (QED) is 0.888. The van der Waals surface area contributed by atoms with Crippen LogP contribution in [-0.4, -0.2) is 10.1 Å². The van der Waals surface area contributed by atoms with Crippen molar-refractivity contribution in [3.8, 4) is 0 Å². The van der Waals surface area contributed by atoms with Crippen molar-refractivity contribution in [3.63, 3.8) is 0 Å². The second-order valence-electron chi connectivity index (χ2n) is 4.00. The lowest BCUT2D eigenvalue weighted by atomic mass is 9.98. The van der Waals surface area contributed by atoms with E-state index in [4.69, 9.17) is 28.9 Å². The number of aryl methyl sites for hydroxylation is 1. The van der Waals surface area contributed by atoms with Gasteiger partial charge in [-0.3, -0.25) is 0 Å². The van der Waals surface area contributed by atoms with Crippen molar-refractivity contribution in [3.05, 3.63) is 57.2 Å². The second kappa shape index (κ2) is 5.14. The van der Waals surface area contributed by atoms with Gasteiger partial charge in [0.2, 0.25) is 0 Å². The van der Waals surface area contributed by atoms with E-state index in [1.807, 2.05) is 6.92 Å². The first-order valence-corrected chi connectivity index (χ1v) is 6.10. The van der Waals surface area contributed by atoms with Crippen molar-refractivity contribution >= 4 is 29.0 Å². The highest BCUT2D eigenvalue weighted by Crippen LogP contribution is 2.31. The predicted octanol–water partition coefficient (Wildman–Crippen LogP) is 3.36. The van der Waals surface area contributed by atoms with Crippen molar-refractivity contribution in [1.82, 2.24) is 4.98 Å². The molecule has 0 fully saturated rings. The minimum Gasteiger partial charge on any atom is -0.384 e. The number of nitrogen functional groups attached to an aromatic ring is 1. The van der Waals surface area contributed by atoms with Gasteiger partial charge in [0.05, 0.1) is 10.0 Å². The molecule has 0 aliphatic heterocycles. The van der Waals surface area contributed by atoms with Crippen LogP contribution in [0, 0.1) is 6.92 Å². The van der Waals surface area contributed by atoms with Crippen LogP contribution in [0.2, 0.25) is 10.0 Å². The van der Waals surface area contributed by atoms with Gasteiger partial charge in [-0.25, -0.2) is 4.98 Å². The fourth-order valence-electron chi connectivity index (χ4n) is 1.80. The summed E-state index contributed by atoms with van der Waals surface area (Å²) < 4.78 is 0. The van der Waals surface area contributed by atoms with E-state index in [0.717, 1.165) is 5.56 Å². The average molecular weight is 283 g/mol. The van der Waals surface area contributed by atoms with Crippen molar-refractivity contribution in [2.24, 2.45) is 0 Å². The summed E-state index contributed by atoms with van der Waals surface area (Å²) in [5.74, 6) is 0.313. The Morgan fingerprint density at radius 3 is 2.56 bits per heavy atom. The zero-order valence-electron chi connectivity index (χ0n) is 9.69. The molecule has 2 aromatic rings. The number of hydrogen-bond acceptors (Lipinski definition) is 3. The van der Waals surface area contributed by atoms with Crippen LogP contribution >= 0.6 is 23.2 Å². The Morgan fingerprint density at radius 2 is 1.94 bits per heavy atom. The summed E-state index contributed by atoms with van der Waals surface area (Å²) in [6.07, 6.45) is 0.740. The van der Waals surface area contributed by atoms with Gasteiger partial charge in [0.25, 0.3) is 0 Å². The van der Waals surface area contributed by atoms with E-state index in [2.05, 4.69) is 4.98 Å². The molecule has 0 aliphatic carbocycles. The van der Waals surface area contributed by atoms with Gasteiger partial charge in [-0.15, -0.1) is 0 Å². The summed E-state index contributed by atoms with van der Waals surface area (Å²) in [5.41, 5.74) is 7.90. The lowest BCUT2D eigenvalue weighted by Crippen LogP contribution is -2.07. The maximum absolute atomic E-state index is 10.3. The number of rotatable bonds is 2. The highest BCUT2D eigenvalue weighted by atomic mass is 35.5. The zero-order chi connectivity index (χ0) is 13.3. The van der Waals surface area contributed by atoms with Gasteiger partial charge >= 0.3 is 0 Å². The van der Waals surface area contributed by atoms with Gasteiger partial charge in [-0.2, -0.15) is 0 Å². The average Bonchev–Trinajstić information content (AvgIpc) is 2.32. The lowest BCUT2D eigenvalue weighted by molar-refractivity contribution is 0.220. The van der Waals surface area contributed by atoms with Crippen LogP contribution < -0.4 is 5.73 Å². The highest BCUT2D eigenvalue weighted by molar-refractivity contribution is 6.42. The molecule has 5 heteroatoms. The minimum atomic E-state index is -0.867. The second-order valence-corrected chi connectivity index (χ2v) is 4.82. The number of nitrogens with two attached hydrogens (primary N) is 1. The molecule has 2 rings (SSSR count). The number of halogens is 2. The van der Waals surface area contributed by atoms with Crippen molar-refractivity contribution in [2.45, 2.75) is 13.0 Å². The summed E-state index contributed by atoms with van der Waals surface area (Å²) in [6, 6.07) is 6.78. The molecule has 0 amide bonds. The first kappa shape index (κ1) is 13.1. The van der Waals surface area contributed by atoms with Crippen LogP contribution in [0.4, 0.5) is 5.82 Å². The van der Waals surface area contributed by atoms with Crippen LogP contribution in [0.25, 0.3) is 0 Å². The van der Waals surface area contributed by atoms with E-state index >= 15 is 0 Å². The van der Waals surface area contributed by atoms with Crippen molar-refractivity contribution in [2.75, 3.05) is 5.73 Å². The molecule has 0 bridgehead atoms. The summed E-state index contributed by atoms with van der Waals surface area (Å²) in [7, 11) is 0. The van der Waals surface area contributed by atoms with E-state index in [0.29, 0.717) is 27.0 Å². The van der Waals surface area contributed by atoms with Crippen LogP contribution in [-0.2, 0) is 0 Å². The molecule has 0 radical (unpaired) electrons. The third-order valence-corrected chi connectivity index (χ3v) is 3.51.